The fourth-order valence-electron chi connectivity index (χ4n) is 3.21. The minimum absolute atomic E-state index is 0.00562. The van der Waals surface area contributed by atoms with Gasteiger partial charge in [-0.25, -0.2) is 0 Å². The van der Waals surface area contributed by atoms with E-state index in [2.05, 4.69) is 34.6 Å². The average molecular weight is 329 g/mol. The van der Waals surface area contributed by atoms with Crippen LogP contribution in [0.5, 0.6) is 0 Å². The summed E-state index contributed by atoms with van der Waals surface area (Å²) in [5, 5.41) is 5.55. The maximum Gasteiger partial charge on any atom is 0.243 e. The second-order valence-electron chi connectivity index (χ2n) is 7.11. The Bertz CT molecular complexity index is 573. The number of rotatable bonds is 5. The van der Waals surface area contributed by atoms with Crippen LogP contribution >= 0.6 is 0 Å². The number of carbonyl (C=O) groups excluding carboxylic acids is 2. The van der Waals surface area contributed by atoms with Crippen LogP contribution in [-0.4, -0.2) is 31.4 Å². The number of benzene rings is 1. The molecule has 0 aromatic heterocycles. The number of nitrogens with one attached hydrogen (secondary N) is 2. The highest BCUT2D eigenvalue weighted by atomic mass is 16.2. The van der Waals surface area contributed by atoms with Crippen molar-refractivity contribution in [3.63, 3.8) is 0 Å². The zero-order chi connectivity index (χ0) is 16.9. The average Bonchev–Trinajstić information content (AvgIpc) is 2.53. The van der Waals surface area contributed by atoms with E-state index in [1.807, 2.05) is 12.1 Å². The Morgan fingerprint density at radius 1 is 1.08 bits per heavy atom. The second kappa shape index (κ2) is 7.69. The second-order valence-corrected chi connectivity index (χ2v) is 7.11. The van der Waals surface area contributed by atoms with E-state index in [0.29, 0.717) is 0 Å². The number of piperidine rings is 1. The van der Waals surface area contributed by atoms with Crippen LogP contribution in [0.25, 0.3) is 0 Å². The Labute approximate surface area is 143 Å². The molecule has 2 fully saturated rings. The molecule has 2 N–H and O–H groups in total. The van der Waals surface area contributed by atoms with Crippen LogP contribution in [0, 0.1) is 11.8 Å². The quantitative estimate of drug-likeness (QED) is 0.873. The maximum atomic E-state index is 11.9. The summed E-state index contributed by atoms with van der Waals surface area (Å²) >= 11 is 0. The number of carbonyl (C=O) groups is 2. The van der Waals surface area contributed by atoms with Gasteiger partial charge in [0.25, 0.3) is 0 Å². The van der Waals surface area contributed by atoms with Crippen molar-refractivity contribution in [3.05, 3.63) is 24.3 Å². The monoisotopic (exact) mass is 329 g/mol. The van der Waals surface area contributed by atoms with Crippen LogP contribution in [0.1, 0.15) is 39.0 Å². The van der Waals surface area contributed by atoms with Crippen molar-refractivity contribution in [2.45, 2.75) is 39.0 Å². The SMILES string of the molecule is CC1CCN(c2ccc(NC(=O)CNC(=O)C3CCC3)cc2)CC1. The van der Waals surface area contributed by atoms with Gasteiger partial charge in [-0.15, -0.1) is 0 Å². The molecule has 0 bridgehead atoms. The van der Waals surface area contributed by atoms with Gasteiger partial charge in [0.2, 0.25) is 11.8 Å². The number of hydrogen-bond donors (Lipinski definition) is 2. The lowest BCUT2D eigenvalue weighted by Crippen LogP contribution is -2.39. The molecule has 1 saturated heterocycles. The topological polar surface area (TPSA) is 61.4 Å². The first-order valence-corrected chi connectivity index (χ1v) is 9.04. The normalized spacial score (nSPS) is 18.8. The van der Waals surface area contributed by atoms with Gasteiger partial charge in [0, 0.05) is 30.4 Å². The fraction of sp³-hybridized carbons (Fsp3) is 0.579. The van der Waals surface area contributed by atoms with Crippen molar-refractivity contribution in [3.8, 4) is 0 Å². The lowest BCUT2D eigenvalue weighted by molar-refractivity contribution is -0.129. The minimum atomic E-state index is -0.178. The van der Waals surface area contributed by atoms with Crippen molar-refractivity contribution in [1.82, 2.24) is 5.32 Å². The summed E-state index contributed by atoms with van der Waals surface area (Å²) < 4.78 is 0. The predicted octanol–water partition coefficient (Wildman–Crippen LogP) is 2.78. The fourth-order valence-corrected chi connectivity index (χ4v) is 3.21. The van der Waals surface area contributed by atoms with Crippen molar-refractivity contribution in [2.75, 3.05) is 29.9 Å². The number of anilines is 2. The molecule has 24 heavy (non-hydrogen) atoms. The van der Waals surface area contributed by atoms with Gasteiger partial charge in [0.1, 0.15) is 0 Å². The van der Waals surface area contributed by atoms with Gasteiger partial charge in [-0.3, -0.25) is 9.59 Å². The van der Waals surface area contributed by atoms with E-state index in [9.17, 15) is 9.59 Å². The molecule has 0 radical (unpaired) electrons. The molecule has 1 heterocycles. The molecular weight excluding hydrogens is 302 g/mol. The molecule has 1 aliphatic carbocycles. The van der Waals surface area contributed by atoms with Crippen molar-refractivity contribution in [1.29, 1.82) is 0 Å². The summed E-state index contributed by atoms with van der Waals surface area (Å²) in [5.74, 6) is 0.757. The van der Waals surface area contributed by atoms with E-state index in [0.717, 1.165) is 44.0 Å². The number of hydrogen-bond acceptors (Lipinski definition) is 3. The van der Waals surface area contributed by atoms with Crippen LogP contribution in [0.2, 0.25) is 0 Å². The van der Waals surface area contributed by atoms with Crippen molar-refractivity contribution in [2.24, 2.45) is 11.8 Å². The third-order valence-electron chi connectivity index (χ3n) is 5.20. The summed E-state index contributed by atoms with van der Waals surface area (Å²) in [7, 11) is 0. The van der Waals surface area contributed by atoms with Gasteiger partial charge in [0.05, 0.1) is 6.54 Å². The zero-order valence-corrected chi connectivity index (χ0v) is 14.4. The van der Waals surface area contributed by atoms with E-state index >= 15 is 0 Å². The Hall–Kier alpha value is -2.04. The highest BCUT2D eigenvalue weighted by Crippen LogP contribution is 2.26. The molecule has 1 aromatic rings. The predicted molar refractivity (Wildman–Crippen MR) is 96.0 cm³/mol. The Balaban J connectivity index is 1.45. The Morgan fingerprint density at radius 2 is 1.75 bits per heavy atom. The Morgan fingerprint density at radius 3 is 2.33 bits per heavy atom. The molecular formula is C19H27N3O2. The summed E-state index contributed by atoms with van der Waals surface area (Å²) in [4.78, 5) is 26.1. The molecule has 0 atom stereocenters. The highest BCUT2D eigenvalue weighted by Gasteiger charge is 2.25. The molecule has 5 nitrogen and oxygen atoms in total. The third-order valence-corrected chi connectivity index (χ3v) is 5.20. The maximum absolute atomic E-state index is 11.9. The number of nitrogens with zero attached hydrogens (tertiary/aromatic N) is 1. The van der Waals surface area contributed by atoms with Crippen LogP contribution in [-0.2, 0) is 9.59 Å². The molecule has 1 aliphatic heterocycles. The van der Waals surface area contributed by atoms with Gasteiger partial charge >= 0.3 is 0 Å². The third kappa shape index (κ3) is 4.28. The van der Waals surface area contributed by atoms with E-state index in [1.54, 1.807) is 0 Å². The highest BCUT2D eigenvalue weighted by molar-refractivity contribution is 5.95. The summed E-state index contributed by atoms with van der Waals surface area (Å²) in [6.45, 7) is 4.54. The van der Waals surface area contributed by atoms with E-state index < -0.39 is 0 Å². The first-order chi connectivity index (χ1) is 11.6. The first kappa shape index (κ1) is 16.8. The molecule has 3 rings (SSSR count). The molecule has 2 amide bonds. The summed E-state index contributed by atoms with van der Waals surface area (Å²) in [6.07, 6.45) is 5.49. The van der Waals surface area contributed by atoms with E-state index in [4.69, 9.17) is 0 Å². The van der Waals surface area contributed by atoms with Crippen LogP contribution < -0.4 is 15.5 Å². The van der Waals surface area contributed by atoms with Crippen molar-refractivity contribution < 1.29 is 9.59 Å². The van der Waals surface area contributed by atoms with E-state index in [1.165, 1.54) is 18.5 Å². The molecule has 2 aliphatic rings. The summed E-state index contributed by atoms with van der Waals surface area (Å²) in [6, 6.07) is 7.97. The van der Waals surface area contributed by atoms with E-state index in [-0.39, 0.29) is 24.3 Å². The summed E-state index contributed by atoms with van der Waals surface area (Å²) in [5.41, 5.74) is 1.98. The number of amides is 2. The molecule has 5 heteroatoms. The molecule has 1 saturated carbocycles. The van der Waals surface area contributed by atoms with Crippen LogP contribution in [0.15, 0.2) is 24.3 Å². The molecule has 0 spiro atoms. The van der Waals surface area contributed by atoms with Crippen molar-refractivity contribution >= 4 is 23.2 Å². The van der Waals surface area contributed by atoms with Crippen LogP contribution in [0.4, 0.5) is 11.4 Å². The minimum Gasteiger partial charge on any atom is -0.372 e. The zero-order valence-electron chi connectivity index (χ0n) is 14.4. The van der Waals surface area contributed by atoms with Gasteiger partial charge in [-0.1, -0.05) is 13.3 Å². The van der Waals surface area contributed by atoms with Crippen LogP contribution in [0.3, 0.4) is 0 Å². The van der Waals surface area contributed by atoms with Gasteiger partial charge in [0.15, 0.2) is 0 Å². The van der Waals surface area contributed by atoms with Gasteiger partial charge in [-0.2, -0.15) is 0 Å². The van der Waals surface area contributed by atoms with Gasteiger partial charge < -0.3 is 15.5 Å². The molecule has 0 unspecified atom stereocenters. The lowest BCUT2D eigenvalue weighted by Gasteiger charge is -2.32. The van der Waals surface area contributed by atoms with Gasteiger partial charge in [-0.05, 0) is 55.9 Å². The molecule has 1 aromatic carbocycles. The first-order valence-electron chi connectivity index (χ1n) is 9.04. The standard InChI is InChI=1S/C19H27N3O2/c1-14-9-11-22(12-10-14)17-7-5-16(6-8-17)21-18(23)13-20-19(24)15-3-2-4-15/h5-8,14-15H,2-4,9-13H2,1H3,(H,20,24)(H,21,23). The largest absolute Gasteiger partial charge is 0.372 e. The Kier molecular flexibility index (Phi) is 5.38. The lowest BCUT2D eigenvalue weighted by atomic mass is 9.85. The smallest absolute Gasteiger partial charge is 0.243 e. The molecule has 130 valence electrons.